The third-order valence-electron chi connectivity index (χ3n) is 6.83. The lowest BCUT2D eigenvalue weighted by Crippen LogP contribution is -2.36. The van der Waals surface area contributed by atoms with Crippen LogP contribution in [0.4, 0.5) is 19.1 Å². The van der Waals surface area contributed by atoms with Crippen LogP contribution in [0.5, 0.6) is 5.88 Å². The first kappa shape index (κ1) is 29.4. The summed E-state index contributed by atoms with van der Waals surface area (Å²) in [5.41, 5.74) is 12.6. The average molecular weight is 595 g/mol. The molecule has 0 bridgehead atoms. The number of nitrogens with zero attached hydrogens (tertiary/aromatic N) is 8. The highest BCUT2D eigenvalue weighted by Gasteiger charge is 2.35. The number of nitrogens with two attached hydrogens (primary N) is 2. The number of imidazole rings is 1. The van der Waals surface area contributed by atoms with Crippen LogP contribution in [0.2, 0.25) is 0 Å². The molecule has 1 aliphatic rings. The van der Waals surface area contributed by atoms with E-state index in [-0.39, 0.29) is 47.7 Å². The number of benzene rings is 1. The van der Waals surface area contributed by atoms with Gasteiger partial charge in [0.25, 0.3) is 5.91 Å². The zero-order valence-corrected chi connectivity index (χ0v) is 23.6. The monoisotopic (exact) mass is 594 g/mol. The Morgan fingerprint density at radius 3 is 2.42 bits per heavy atom. The lowest BCUT2D eigenvalue weighted by atomic mass is 10.1. The number of anilines is 1. The number of rotatable bonds is 9. The van der Waals surface area contributed by atoms with Crippen molar-refractivity contribution in [3.8, 4) is 28.7 Å². The number of alkyl halides is 3. The number of carbonyl (C=O) groups excluding carboxylic acids is 1. The summed E-state index contributed by atoms with van der Waals surface area (Å²) in [4.78, 5) is 40.1. The van der Waals surface area contributed by atoms with Gasteiger partial charge in [0, 0.05) is 29.9 Å². The topological polar surface area (TPSA) is 164 Å². The van der Waals surface area contributed by atoms with Crippen molar-refractivity contribution in [1.29, 1.82) is 0 Å². The molecule has 0 unspecified atom stereocenters. The van der Waals surface area contributed by atoms with Crippen LogP contribution >= 0.6 is 0 Å². The van der Waals surface area contributed by atoms with E-state index in [9.17, 15) is 18.0 Å². The van der Waals surface area contributed by atoms with Crippen LogP contribution < -0.4 is 21.1 Å². The van der Waals surface area contributed by atoms with Crippen molar-refractivity contribution in [2.45, 2.75) is 51.4 Å². The molecule has 15 heteroatoms. The van der Waals surface area contributed by atoms with Crippen molar-refractivity contribution < 1.29 is 22.7 Å². The quantitative estimate of drug-likeness (QED) is 0.271. The van der Waals surface area contributed by atoms with Crippen molar-refractivity contribution in [3.05, 3.63) is 72.0 Å². The van der Waals surface area contributed by atoms with E-state index >= 15 is 0 Å². The molecule has 3 aromatic heterocycles. The number of ether oxygens (including phenoxy) is 1. The molecular weight excluding hydrogens is 565 g/mol. The molecule has 0 spiro atoms. The fourth-order valence-corrected chi connectivity index (χ4v) is 4.49. The molecule has 1 amide bonds. The highest BCUT2D eigenvalue weighted by molar-refractivity contribution is 6.03. The predicted molar refractivity (Wildman–Crippen MR) is 150 cm³/mol. The van der Waals surface area contributed by atoms with E-state index < -0.39 is 17.8 Å². The first-order valence-electron chi connectivity index (χ1n) is 13.3. The third-order valence-corrected chi connectivity index (χ3v) is 6.83. The minimum Gasteiger partial charge on any atom is -0.480 e. The Balaban J connectivity index is 1.50. The van der Waals surface area contributed by atoms with Gasteiger partial charge in [0.1, 0.15) is 29.7 Å². The maximum absolute atomic E-state index is 13.4. The second-order valence-corrected chi connectivity index (χ2v) is 10.2. The second kappa shape index (κ2) is 11.7. The molecule has 12 nitrogen and oxygen atoms in total. The van der Waals surface area contributed by atoms with Gasteiger partial charge in [-0.3, -0.25) is 9.69 Å². The number of carbonyl (C=O) groups is 1. The van der Waals surface area contributed by atoms with Gasteiger partial charge in [0.15, 0.2) is 11.5 Å². The zero-order chi connectivity index (χ0) is 30.9. The molecule has 224 valence electrons. The molecule has 4 aromatic rings. The molecule has 1 aromatic carbocycles. The number of hydrogen-bond donors (Lipinski definition) is 2. The Hall–Kier alpha value is -5.08. The number of amides is 1. The van der Waals surface area contributed by atoms with E-state index in [2.05, 4.69) is 29.9 Å². The summed E-state index contributed by atoms with van der Waals surface area (Å²) in [6.07, 6.45) is 1.99. The average Bonchev–Trinajstić information content (AvgIpc) is 3.74. The number of hydrogen-bond acceptors (Lipinski definition) is 10. The number of halogens is 3. The van der Waals surface area contributed by atoms with Crippen molar-refractivity contribution in [2.24, 2.45) is 11.5 Å². The fourth-order valence-electron chi connectivity index (χ4n) is 4.49. The third kappa shape index (κ3) is 6.10. The Labute approximate surface area is 244 Å². The van der Waals surface area contributed by atoms with Crippen LogP contribution in [0.15, 0.2) is 55.0 Å². The van der Waals surface area contributed by atoms with Crippen molar-refractivity contribution in [1.82, 2.24) is 34.5 Å². The second-order valence-electron chi connectivity index (χ2n) is 10.2. The van der Waals surface area contributed by atoms with E-state index in [0.29, 0.717) is 16.7 Å². The molecule has 4 N–H and O–H groups in total. The van der Waals surface area contributed by atoms with Crippen LogP contribution in [-0.4, -0.2) is 47.5 Å². The Kier molecular flexibility index (Phi) is 7.98. The number of methoxy groups -OCH3 is 1. The minimum absolute atomic E-state index is 0.0123. The van der Waals surface area contributed by atoms with Crippen LogP contribution in [-0.2, 0) is 17.5 Å². The van der Waals surface area contributed by atoms with Gasteiger partial charge >= 0.3 is 6.18 Å². The van der Waals surface area contributed by atoms with Gasteiger partial charge in [-0.25, -0.2) is 24.9 Å². The summed E-state index contributed by atoms with van der Waals surface area (Å²) in [7, 11) is 1.48. The lowest BCUT2D eigenvalue weighted by molar-refractivity contribution is -0.140. The summed E-state index contributed by atoms with van der Waals surface area (Å²) in [5, 5.41) is 0. The Morgan fingerprint density at radius 1 is 1.12 bits per heavy atom. The Morgan fingerprint density at radius 2 is 1.81 bits per heavy atom. The molecule has 1 saturated carbocycles. The van der Waals surface area contributed by atoms with Gasteiger partial charge < -0.3 is 20.8 Å². The number of aromatic nitrogens is 7. The molecule has 1 aliphatic carbocycles. The predicted octanol–water partition coefficient (Wildman–Crippen LogP) is 3.97. The van der Waals surface area contributed by atoms with E-state index in [1.54, 1.807) is 38.1 Å². The summed E-state index contributed by atoms with van der Waals surface area (Å²) >= 11 is 0. The first-order valence-corrected chi connectivity index (χ1v) is 13.3. The molecule has 0 radical (unpaired) electrons. The molecule has 43 heavy (non-hydrogen) atoms. The summed E-state index contributed by atoms with van der Waals surface area (Å²) < 4.78 is 47.1. The van der Waals surface area contributed by atoms with Crippen LogP contribution in [0.1, 0.15) is 55.6 Å². The first-order chi connectivity index (χ1) is 20.5. The largest absolute Gasteiger partial charge is 0.480 e. The highest BCUT2D eigenvalue weighted by atomic mass is 19.4. The summed E-state index contributed by atoms with van der Waals surface area (Å²) in [6.45, 7) is 3.50. The van der Waals surface area contributed by atoms with E-state index in [0.717, 1.165) is 30.9 Å². The van der Waals surface area contributed by atoms with Gasteiger partial charge in [0.05, 0.1) is 19.3 Å². The zero-order valence-electron chi connectivity index (χ0n) is 23.6. The van der Waals surface area contributed by atoms with E-state index in [1.165, 1.54) is 29.2 Å². The van der Waals surface area contributed by atoms with Gasteiger partial charge in [-0.1, -0.05) is 24.3 Å². The van der Waals surface area contributed by atoms with Crippen molar-refractivity contribution >= 4 is 11.9 Å². The maximum atomic E-state index is 13.4. The van der Waals surface area contributed by atoms with Gasteiger partial charge in [-0.2, -0.15) is 18.2 Å². The van der Waals surface area contributed by atoms with Gasteiger partial charge in [-0.05, 0) is 32.3 Å². The molecule has 5 rings (SSSR count). The summed E-state index contributed by atoms with van der Waals surface area (Å²) in [6, 6.07) is 6.35. The highest BCUT2D eigenvalue weighted by Crippen LogP contribution is 2.44. The van der Waals surface area contributed by atoms with Crippen molar-refractivity contribution in [3.63, 3.8) is 0 Å². The van der Waals surface area contributed by atoms with E-state index in [1.807, 2.05) is 0 Å². The SMILES string of the molecule is COc1ncnc(C2CC2)c1-c1ncnc(N(Cc2ccc(-c3nc(C(F)(F)F)cn3C(C)C)cc2)C(=O)/C(N)=C/N)n1. The van der Waals surface area contributed by atoms with Crippen LogP contribution in [0.25, 0.3) is 22.8 Å². The normalized spacial score (nSPS) is 13.8. The summed E-state index contributed by atoms with van der Waals surface area (Å²) in [5.74, 6) is 0.225. The molecule has 0 aliphatic heterocycles. The molecule has 1 fully saturated rings. The maximum Gasteiger partial charge on any atom is 0.434 e. The van der Waals surface area contributed by atoms with Crippen LogP contribution in [0, 0.1) is 0 Å². The smallest absolute Gasteiger partial charge is 0.434 e. The lowest BCUT2D eigenvalue weighted by Gasteiger charge is -2.21. The minimum atomic E-state index is -4.58. The standard InChI is InChI=1S/C28H29F3N10O2/c1-15(2)40-12-20(28(29,30)31)38-24(40)18-6-4-16(5-7-18)11-41(26(42)19(33)10-32)27-37-14-35-23(39-27)21-22(17-8-9-17)34-13-36-25(21)43-3/h4-7,10,12-15,17H,8-9,11,32-33H2,1-3H3/b19-10-. The van der Waals surface area contributed by atoms with Crippen molar-refractivity contribution in [2.75, 3.05) is 12.0 Å². The van der Waals surface area contributed by atoms with E-state index in [4.69, 9.17) is 16.2 Å². The molecule has 0 atom stereocenters. The van der Waals surface area contributed by atoms with Gasteiger partial charge in [0.2, 0.25) is 11.8 Å². The Bertz CT molecular complexity index is 1660. The van der Waals surface area contributed by atoms with Crippen LogP contribution in [0.3, 0.4) is 0 Å². The molecule has 0 saturated heterocycles. The molecule has 3 heterocycles. The van der Waals surface area contributed by atoms with Gasteiger partial charge in [-0.15, -0.1) is 0 Å². The molecular formula is C28H29F3N10O2. The fraction of sp³-hybridized carbons (Fsp3) is 0.321.